The van der Waals surface area contributed by atoms with E-state index in [4.69, 9.17) is 0 Å². The molecule has 2 rings (SSSR count). The highest BCUT2D eigenvalue weighted by Gasteiger charge is 2.29. The van der Waals surface area contributed by atoms with E-state index in [2.05, 4.69) is 26.9 Å². The maximum Gasteiger partial charge on any atom is 0.353 e. The first-order valence-corrected chi connectivity index (χ1v) is 8.48. The van der Waals surface area contributed by atoms with Crippen molar-refractivity contribution >= 4 is 29.1 Å². The summed E-state index contributed by atoms with van der Waals surface area (Å²) < 4.78 is 0. The predicted molar refractivity (Wildman–Crippen MR) is 86.0 cm³/mol. The molecule has 2 N–H and O–H groups in total. The van der Waals surface area contributed by atoms with Crippen LogP contribution in [-0.2, 0) is 0 Å². The quantitative estimate of drug-likeness (QED) is 0.616. The van der Waals surface area contributed by atoms with E-state index in [-0.39, 0.29) is 17.5 Å². The number of thioether (sulfide) groups is 1. The molecule has 1 fully saturated rings. The smallest absolute Gasteiger partial charge is 0.353 e. The van der Waals surface area contributed by atoms with Crippen LogP contribution >= 0.6 is 11.8 Å². The molecule has 1 saturated carbocycles. The van der Waals surface area contributed by atoms with Crippen LogP contribution in [0.15, 0.2) is 6.33 Å². The molecule has 1 aromatic heterocycles. The van der Waals surface area contributed by atoms with E-state index >= 15 is 0 Å². The van der Waals surface area contributed by atoms with Gasteiger partial charge in [0.25, 0.3) is 0 Å². The first kappa shape index (κ1) is 15.8. The van der Waals surface area contributed by atoms with E-state index in [0.717, 1.165) is 19.3 Å². The van der Waals surface area contributed by atoms with Crippen LogP contribution in [0.25, 0.3) is 0 Å². The van der Waals surface area contributed by atoms with Gasteiger partial charge >= 0.3 is 5.69 Å². The van der Waals surface area contributed by atoms with Crippen molar-refractivity contribution in [2.24, 2.45) is 0 Å². The van der Waals surface area contributed by atoms with Gasteiger partial charge in [-0.05, 0) is 26.0 Å². The Hall–Kier alpha value is -1.57. The molecule has 1 heterocycles. The normalized spacial score (nSPS) is 21.8. The number of nitro groups is 1. The van der Waals surface area contributed by atoms with Crippen LogP contribution in [0.4, 0.5) is 17.3 Å². The lowest BCUT2D eigenvalue weighted by Crippen LogP contribution is -2.34. The third-order valence-corrected chi connectivity index (χ3v) is 4.85. The second kappa shape index (κ2) is 7.44. The molecule has 0 saturated heterocycles. The van der Waals surface area contributed by atoms with Crippen molar-refractivity contribution in [3.05, 3.63) is 16.4 Å². The van der Waals surface area contributed by atoms with E-state index in [1.165, 1.54) is 12.7 Å². The fourth-order valence-electron chi connectivity index (χ4n) is 2.67. The minimum atomic E-state index is -0.419. The van der Waals surface area contributed by atoms with Gasteiger partial charge in [0.15, 0.2) is 0 Å². The maximum atomic E-state index is 11.4. The summed E-state index contributed by atoms with van der Waals surface area (Å²) in [5, 5.41) is 18.0. The van der Waals surface area contributed by atoms with Crippen LogP contribution < -0.4 is 10.6 Å². The van der Waals surface area contributed by atoms with Gasteiger partial charge in [-0.15, -0.1) is 0 Å². The molecule has 1 aliphatic carbocycles. The van der Waals surface area contributed by atoms with Crippen molar-refractivity contribution in [2.75, 3.05) is 23.4 Å². The Morgan fingerprint density at radius 3 is 2.76 bits per heavy atom. The van der Waals surface area contributed by atoms with E-state index in [0.29, 0.717) is 17.6 Å². The molecular weight excluding hydrogens is 290 g/mol. The molecule has 0 aliphatic heterocycles. The number of rotatable bonds is 6. The third kappa shape index (κ3) is 3.75. The summed E-state index contributed by atoms with van der Waals surface area (Å²) in [5.41, 5.74) is -0.0650. The fraction of sp³-hybridized carbons (Fsp3) is 0.692. The molecule has 7 nitrogen and oxygen atoms in total. The number of hydrogen-bond acceptors (Lipinski definition) is 7. The number of anilines is 2. The number of nitrogens with one attached hydrogen (secondary N) is 2. The molecule has 116 valence electrons. The third-order valence-electron chi connectivity index (χ3n) is 3.68. The van der Waals surface area contributed by atoms with Crippen LogP contribution in [0.5, 0.6) is 0 Å². The highest BCUT2D eigenvalue weighted by atomic mass is 32.2. The zero-order chi connectivity index (χ0) is 15.2. The van der Waals surface area contributed by atoms with Crippen LogP contribution in [0.1, 0.15) is 32.6 Å². The van der Waals surface area contributed by atoms with Crippen LogP contribution in [-0.4, -0.2) is 39.0 Å². The van der Waals surface area contributed by atoms with E-state index in [1.807, 2.05) is 18.7 Å². The van der Waals surface area contributed by atoms with Gasteiger partial charge in [0, 0.05) is 17.8 Å². The van der Waals surface area contributed by atoms with Crippen molar-refractivity contribution < 1.29 is 4.92 Å². The Morgan fingerprint density at radius 1 is 1.38 bits per heavy atom. The first-order valence-electron chi connectivity index (χ1n) is 7.20. The average molecular weight is 311 g/mol. The van der Waals surface area contributed by atoms with Gasteiger partial charge in [0.1, 0.15) is 6.33 Å². The van der Waals surface area contributed by atoms with Crippen LogP contribution in [0.3, 0.4) is 0 Å². The fourth-order valence-corrected chi connectivity index (χ4v) is 3.61. The van der Waals surface area contributed by atoms with E-state index < -0.39 is 4.92 Å². The summed E-state index contributed by atoms with van der Waals surface area (Å²) >= 11 is 1.81. The van der Waals surface area contributed by atoms with E-state index in [1.54, 1.807) is 0 Å². The van der Waals surface area contributed by atoms with Gasteiger partial charge in [-0.25, -0.2) is 9.97 Å². The Labute approximate surface area is 128 Å². The lowest BCUT2D eigenvalue weighted by atomic mass is 9.95. The monoisotopic (exact) mass is 311 g/mol. The average Bonchev–Trinajstić information content (AvgIpc) is 2.48. The molecule has 0 bridgehead atoms. The molecule has 1 aromatic rings. The summed E-state index contributed by atoms with van der Waals surface area (Å²) in [6, 6.07) is 0.219. The van der Waals surface area contributed by atoms with Gasteiger partial charge < -0.3 is 10.6 Å². The summed E-state index contributed by atoms with van der Waals surface area (Å²) in [5.74, 6) is 0.591. The van der Waals surface area contributed by atoms with Crippen molar-refractivity contribution in [1.82, 2.24) is 9.97 Å². The van der Waals surface area contributed by atoms with Crippen molar-refractivity contribution in [1.29, 1.82) is 0 Å². The second-order valence-corrected chi connectivity index (χ2v) is 6.09. The highest BCUT2D eigenvalue weighted by molar-refractivity contribution is 7.99. The van der Waals surface area contributed by atoms with Gasteiger partial charge in [-0.2, -0.15) is 11.8 Å². The van der Waals surface area contributed by atoms with Crippen molar-refractivity contribution in [3.8, 4) is 0 Å². The molecule has 0 aromatic carbocycles. The van der Waals surface area contributed by atoms with Gasteiger partial charge in [-0.3, -0.25) is 10.1 Å². The molecule has 21 heavy (non-hydrogen) atoms. The Balaban J connectivity index is 2.26. The van der Waals surface area contributed by atoms with Crippen LogP contribution in [0, 0.1) is 10.1 Å². The minimum Gasteiger partial charge on any atom is -0.364 e. The second-order valence-electron chi connectivity index (χ2n) is 5.02. The number of aromatic nitrogens is 2. The predicted octanol–water partition coefficient (Wildman–Crippen LogP) is 2.90. The highest BCUT2D eigenvalue weighted by Crippen LogP contribution is 2.33. The zero-order valence-corrected chi connectivity index (χ0v) is 13.2. The van der Waals surface area contributed by atoms with Crippen molar-refractivity contribution in [2.45, 2.75) is 43.9 Å². The SMILES string of the molecule is CCNc1ncnc(NC2CCCCC2SC)c1[N+](=O)[O-]. The molecule has 2 unspecified atom stereocenters. The first-order chi connectivity index (χ1) is 10.2. The lowest BCUT2D eigenvalue weighted by molar-refractivity contribution is -0.383. The minimum absolute atomic E-state index is 0.0650. The summed E-state index contributed by atoms with van der Waals surface area (Å²) in [6.07, 6.45) is 7.97. The Bertz CT molecular complexity index is 499. The van der Waals surface area contributed by atoms with Crippen molar-refractivity contribution in [3.63, 3.8) is 0 Å². The molecule has 0 amide bonds. The number of hydrogen-bond donors (Lipinski definition) is 2. The summed E-state index contributed by atoms with van der Waals surface area (Å²) in [7, 11) is 0. The van der Waals surface area contributed by atoms with Gasteiger partial charge in [0.05, 0.1) is 4.92 Å². The lowest BCUT2D eigenvalue weighted by Gasteiger charge is -2.31. The molecule has 0 radical (unpaired) electrons. The largest absolute Gasteiger partial charge is 0.364 e. The molecule has 2 atom stereocenters. The topological polar surface area (TPSA) is 93.0 Å². The number of nitrogens with zero attached hydrogens (tertiary/aromatic N) is 3. The zero-order valence-electron chi connectivity index (χ0n) is 12.3. The standard InChI is InChI=1S/C13H21N5O2S/c1-3-14-12-11(18(19)20)13(16-8-15-12)17-9-6-4-5-7-10(9)21-2/h8-10H,3-7H2,1-2H3,(H2,14,15,16,17). The Morgan fingerprint density at radius 2 is 2.10 bits per heavy atom. The summed E-state index contributed by atoms with van der Waals surface area (Å²) in [4.78, 5) is 19.0. The molecule has 1 aliphatic rings. The Kier molecular flexibility index (Phi) is 5.60. The van der Waals surface area contributed by atoms with Gasteiger partial charge in [0.2, 0.25) is 11.6 Å². The molecular formula is C13H21N5O2S. The maximum absolute atomic E-state index is 11.4. The summed E-state index contributed by atoms with van der Waals surface area (Å²) in [6.45, 7) is 2.46. The molecule has 0 spiro atoms. The molecule has 8 heteroatoms. The van der Waals surface area contributed by atoms with Crippen LogP contribution in [0.2, 0.25) is 0 Å². The van der Waals surface area contributed by atoms with E-state index in [9.17, 15) is 10.1 Å². The van der Waals surface area contributed by atoms with Gasteiger partial charge in [-0.1, -0.05) is 12.8 Å².